The van der Waals surface area contributed by atoms with Gasteiger partial charge in [0, 0.05) is 21.3 Å². The van der Waals surface area contributed by atoms with Crippen LogP contribution in [-0.2, 0) is 0 Å². The fraction of sp³-hybridized carbons (Fsp3) is 0. The van der Waals surface area contributed by atoms with Crippen molar-refractivity contribution >= 4 is 28.6 Å². The molecule has 0 unspecified atom stereocenters. The van der Waals surface area contributed by atoms with Gasteiger partial charge >= 0.3 is 5.97 Å². The van der Waals surface area contributed by atoms with Gasteiger partial charge in [-0.3, -0.25) is 0 Å². The van der Waals surface area contributed by atoms with Crippen molar-refractivity contribution in [1.82, 2.24) is 4.73 Å². The number of carbonyl (C=O) groups is 1. The van der Waals surface area contributed by atoms with Crippen molar-refractivity contribution in [3.05, 3.63) is 45.0 Å². The zero-order chi connectivity index (χ0) is 14.0. The van der Waals surface area contributed by atoms with Gasteiger partial charge in [0.15, 0.2) is 0 Å². The normalized spacial score (nSPS) is 9.89. The molecule has 2 aromatic rings. The van der Waals surface area contributed by atoms with Crippen molar-refractivity contribution in [2.45, 2.75) is 0 Å². The summed E-state index contributed by atoms with van der Waals surface area (Å²) in [7, 11) is 0. The van der Waals surface area contributed by atoms with Crippen LogP contribution >= 0.6 is 22.6 Å². The van der Waals surface area contributed by atoms with Gasteiger partial charge in [-0.25, -0.2) is 4.79 Å². The molecule has 0 aliphatic heterocycles. The van der Waals surface area contributed by atoms with E-state index in [-0.39, 0.29) is 17.3 Å². The summed E-state index contributed by atoms with van der Waals surface area (Å²) in [6.45, 7) is 0. The molecule has 0 atom stereocenters. The minimum absolute atomic E-state index is 0.253. The Kier molecular flexibility index (Phi) is 3.66. The lowest BCUT2D eigenvalue weighted by Crippen LogP contribution is -2.20. The number of terminal acetylenes is 1. The lowest BCUT2D eigenvalue weighted by atomic mass is 10.1. The van der Waals surface area contributed by atoms with Crippen LogP contribution in [0.4, 0.5) is 0 Å². The van der Waals surface area contributed by atoms with Crippen molar-refractivity contribution < 1.29 is 19.8 Å². The van der Waals surface area contributed by atoms with Crippen LogP contribution in [0, 0.1) is 15.9 Å². The van der Waals surface area contributed by atoms with Crippen LogP contribution in [0.3, 0.4) is 0 Å². The van der Waals surface area contributed by atoms with Crippen LogP contribution in [0.2, 0.25) is 0 Å². The quantitative estimate of drug-likeness (QED) is 0.625. The number of rotatable bonds is 2. The third kappa shape index (κ3) is 2.66. The Morgan fingerprint density at radius 1 is 1.26 bits per heavy atom. The molecule has 19 heavy (non-hydrogen) atoms. The number of aromatic nitrogens is 1. The summed E-state index contributed by atoms with van der Waals surface area (Å²) >= 11 is 1.96. The van der Waals surface area contributed by atoms with E-state index in [4.69, 9.17) is 11.3 Å². The Morgan fingerprint density at radius 2 is 1.89 bits per heavy atom. The minimum atomic E-state index is -0.733. The first-order chi connectivity index (χ1) is 9.02. The maximum atomic E-state index is 12.0. The van der Waals surface area contributed by atoms with E-state index >= 15 is 0 Å². The lowest BCUT2D eigenvalue weighted by Gasteiger charge is -2.08. The molecule has 0 saturated carbocycles. The van der Waals surface area contributed by atoms with Gasteiger partial charge in [0.25, 0.3) is 0 Å². The smallest absolute Gasteiger partial charge is 0.365 e. The van der Waals surface area contributed by atoms with Crippen molar-refractivity contribution in [2.24, 2.45) is 0 Å². The van der Waals surface area contributed by atoms with Gasteiger partial charge in [0.05, 0.1) is 5.56 Å². The summed E-state index contributed by atoms with van der Waals surface area (Å²) in [6, 6.07) is 7.28. The van der Waals surface area contributed by atoms with E-state index < -0.39 is 5.97 Å². The molecule has 1 aromatic heterocycles. The fourth-order valence-corrected chi connectivity index (χ4v) is 1.95. The third-order valence-electron chi connectivity index (χ3n) is 2.32. The van der Waals surface area contributed by atoms with Crippen LogP contribution in [-0.4, -0.2) is 20.9 Å². The Balaban J connectivity index is 2.33. The van der Waals surface area contributed by atoms with Gasteiger partial charge in [-0.15, -0.1) is 11.2 Å². The first kappa shape index (κ1) is 13.3. The molecular weight excluding hydrogens is 361 g/mol. The van der Waals surface area contributed by atoms with E-state index in [0.717, 1.165) is 0 Å². The molecule has 0 spiro atoms. The fourth-order valence-electron chi connectivity index (χ4n) is 1.40. The van der Waals surface area contributed by atoms with Gasteiger partial charge in [0.1, 0.15) is 0 Å². The van der Waals surface area contributed by atoms with E-state index in [0.29, 0.717) is 13.9 Å². The molecule has 5 nitrogen and oxygen atoms in total. The minimum Gasteiger partial charge on any atom is -0.492 e. The Morgan fingerprint density at radius 3 is 2.47 bits per heavy atom. The number of halogens is 1. The van der Waals surface area contributed by atoms with Crippen molar-refractivity contribution in [1.29, 1.82) is 0 Å². The lowest BCUT2D eigenvalue weighted by molar-refractivity contribution is 0.0380. The average molecular weight is 369 g/mol. The van der Waals surface area contributed by atoms with E-state index in [1.807, 2.05) is 22.6 Å². The highest BCUT2D eigenvalue weighted by Crippen LogP contribution is 2.20. The molecule has 1 heterocycles. The molecule has 0 aliphatic carbocycles. The standard InChI is InChI=1S/C13H8INO4/c1-2-8-3-4-10(14)9(7-8)13(18)19-15-11(16)5-6-12(15)17/h1,3-7,16-17H. The molecule has 2 N–H and O–H groups in total. The maximum absolute atomic E-state index is 12.0. The van der Waals surface area contributed by atoms with Gasteiger partial charge in [-0.1, -0.05) is 5.92 Å². The zero-order valence-electron chi connectivity index (χ0n) is 9.50. The SMILES string of the molecule is C#Cc1ccc(I)c(C(=O)On2c(O)ccc2O)c1. The van der Waals surface area contributed by atoms with E-state index in [9.17, 15) is 15.0 Å². The Hall–Kier alpha value is -2.14. The number of nitrogens with zero attached hydrogens (tertiary/aromatic N) is 1. The molecule has 0 radical (unpaired) electrons. The third-order valence-corrected chi connectivity index (χ3v) is 3.27. The van der Waals surface area contributed by atoms with Gasteiger partial charge in [-0.2, -0.15) is 0 Å². The van der Waals surface area contributed by atoms with Crippen LogP contribution in [0.15, 0.2) is 30.3 Å². The summed E-state index contributed by atoms with van der Waals surface area (Å²) in [6.07, 6.45) is 5.26. The predicted octanol–water partition coefficient (Wildman–Crippen LogP) is 1.75. The van der Waals surface area contributed by atoms with Crippen molar-refractivity contribution in [3.8, 4) is 24.1 Å². The van der Waals surface area contributed by atoms with Gasteiger partial charge in [-0.05, 0) is 40.8 Å². The first-order valence-corrected chi connectivity index (χ1v) is 6.19. The monoisotopic (exact) mass is 369 g/mol. The van der Waals surface area contributed by atoms with Crippen molar-refractivity contribution in [2.75, 3.05) is 0 Å². The van der Waals surface area contributed by atoms with Crippen LogP contribution < -0.4 is 4.84 Å². The molecule has 1 aromatic carbocycles. The molecule has 0 saturated heterocycles. The van der Waals surface area contributed by atoms with Crippen LogP contribution in [0.5, 0.6) is 11.8 Å². The molecule has 0 fully saturated rings. The number of benzene rings is 1. The zero-order valence-corrected chi connectivity index (χ0v) is 11.7. The highest BCUT2D eigenvalue weighted by molar-refractivity contribution is 14.1. The molecule has 0 bridgehead atoms. The molecule has 2 rings (SSSR count). The highest BCUT2D eigenvalue weighted by Gasteiger charge is 2.17. The summed E-state index contributed by atoms with van der Waals surface area (Å²) in [5.41, 5.74) is 0.789. The first-order valence-electron chi connectivity index (χ1n) is 5.11. The Bertz CT molecular complexity index is 665. The van der Waals surface area contributed by atoms with Gasteiger partial charge in [0.2, 0.25) is 11.8 Å². The average Bonchev–Trinajstić information content (AvgIpc) is 2.71. The second-order valence-corrected chi connectivity index (χ2v) is 4.72. The second-order valence-electron chi connectivity index (χ2n) is 3.56. The molecule has 0 amide bonds. The summed E-state index contributed by atoms with van der Waals surface area (Å²) in [5, 5.41) is 18.8. The number of carbonyl (C=O) groups excluding carboxylic acids is 1. The molecule has 96 valence electrons. The summed E-state index contributed by atoms with van der Waals surface area (Å²) in [5.74, 6) is 0.920. The topological polar surface area (TPSA) is 71.7 Å². The number of aromatic hydroxyl groups is 2. The Labute approximate surface area is 122 Å². The second kappa shape index (κ2) is 5.24. The van der Waals surface area contributed by atoms with Crippen LogP contribution in [0.1, 0.15) is 15.9 Å². The molecule has 6 heteroatoms. The summed E-state index contributed by atoms with van der Waals surface area (Å²) in [4.78, 5) is 16.9. The molecule has 0 aliphatic rings. The number of hydrogen-bond donors (Lipinski definition) is 2. The number of hydrogen-bond acceptors (Lipinski definition) is 4. The van der Waals surface area contributed by atoms with E-state index in [1.165, 1.54) is 18.2 Å². The predicted molar refractivity (Wildman–Crippen MR) is 75.8 cm³/mol. The maximum Gasteiger partial charge on any atom is 0.365 e. The highest BCUT2D eigenvalue weighted by atomic mass is 127. The largest absolute Gasteiger partial charge is 0.492 e. The summed E-state index contributed by atoms with van der Waals surface area (Å²) < 4.78 is 1.27. The van der Waals surface area contributed by atoms with Crippen molar-refractivity contribution in [3.63, 3.8) is 0 Å². The molecular formula is C13H8INO4. The van der Waals surface area contributed by atoms with Gasteiger partial charge < -0.3 is 15.1 Å². The van der Waals surface area contributed by atoms with Crippen LogP contribution in [0.25, 0.3) is 0 Å². The van der Waals surface area contributed by atoms with E-state index in [2.05, 4.69) is 5.92 Å². The van der Waals surface area contributed by atoms with E-state index in [1.54, 1.807) is 12.1 Å².